The number of benzene rings is 1. The Balaban J connectivity index is 1.18. The molecule has 1 aliphatic carbocycles. The van der Waals surface area contributed by atoms with Crippen molar-refractivity contribution >= 4 is 0 Å². The van der Waals surface area contributed by atoms with Crippen molar-refractivity contribution in [2.45, 2.75) is 19.6 Å². The normalized spacial score (nSPS) is 22.9. The molecule has 0 amide bonds. The number of likely N-dealkylation sites (tertiary alicyclic amines) is 1. The Morgan fingerprint density at radius 1 is 1.25 bits per heavy atom. The van der Waals surface area contributed by atoms with Gasteiger partial charge in [-0.25, -0.2) is 4.98 Å². The molecule has 1 N–H and O–H groups in total. The zero-order valence-corrected chi connectivity index (χ0v) is 18.4. The number of aliphatic hydroxyl groups excluding tert-OH is 1. The van der Waals surface area contributed by atoms with E-state index >= 15 is 0 Å². The quantitative estimate of drug-likeness (QED) is 0.579. The average molecular weight is 433 g/mol. The minimum Gasteiger partial charge on any atom is -0.385 e. The monoisotopic (exact) mass is 432 g/mol. The summed E-state index contributed by atoms with van der Waals surface area (Å²) in [6.07, 6.45) is 2.86. The Kier molecular flexibility index (Phi) is 5.83. The summed E-state index contributed by atoms with van der Waals surface area (Å²) in [5, 5.41) is 14.0. The Labute approximate surface area is 188 Å². The van der Waals surface area contributed by atoms with Crippen LogP contribution >= 0.6 is 0 Å². The van der Waals surface area contributed by atoms with Crippen LogP contribution < -0.4 is 0 Å². The predicted molar refractivity (Wildman–Crippen MR) is 120 cm³/mol. The lowest BCUT2D eigenvalue weighted by Crippen LogP contribution is -2.27. The van der Waals surface area contributed by atoms with Crippen LogP contribution in [0.25, 0.3) is 11.3 Å². The molecule has 7 heteroatoms. The van der Waals surface area contributed by atoms with Crippen LogP contribution in [0.5, 0.6) is 0 Å². The van der Waals surface area contributed by atoms with E-state index in [9.17, 15) is 5.11 Å². The summed E-state index contributed by atoms with van der Waals surface area (Å²) in [5.41, 5.74) is 2.80. The first kappa shape index (κ1) is 21.0. The zero-order valence-electron chi connectivity index (χ0n) is 18.4. The molecular weight excluding hydrogens is 404 g/mol. The molecule has 1 aliphatic heterocycles. The van der Waals surface area contributed by atoms with Crippen LogP contribution in [0.2, 0.25) is 0 Å². The molecule has 1 aromatic carbocycles. The molecule has 0 spiro atoms. The molecule has 7 nitrogen and oxygen atoms in total. The van der Waals surface area contributed by atoms with Crippen LogP contribution in [0.15, 0.2) is 47.2 Å². The van der Waals surface area contributed by atoms with E-state index in [4.69, 9.17) is 9.26 Å². The Morgan fingerprint density at radius 2 is 2.03 bits per heavy atom. The molecule has 0 bridgehead atoms. The summed E-state index contributed by atoms with van der Waals surface area (Å²) >= 11 is 0. The fourth-order valence-corrected chi connectivity index (χ4v) is 4.64. The van der Waals surface area contributed by atoms with E-state index in [1.807, 2.05) is 41.1 Å². The topological polar surface area (TPSA) is 76.5 Å². The molecule has 4 atom stereocenters. The first-order valence-electron chi connectivity index (χ1n) is 11.1. The molecule has 2 fully saturated rings. The fraction of sp³-hybridized carbons (Fsp3) is 0.440. The van der Waals surface area contributed by atoms with Crippen LogP contribution in [-0.2, 0) is 11.3 Å². The molecule has 3 aromatic rings. The maximum absolute atomic E-state index is 9.80. The van der Waals surface area contributed by atoms with Crippen molar-refractivity contribution in [1.82, 2.24) is 19.6 Å². The van der Waals surface area contributed by atoms with E-state index in [1.165, 1.54) is 0 Å². The molecular formula is C25H28N4O3. The summed E-state index contributed by atoms with van der Waals surface area (Å²) in [5.74, 6) is 10.2. The van der Waals surface area contributed by atoms with Crippen LogP contribution in [0.3, 0.4) is 0 Å². The van der Waals surface area contributed by atoms with E-state index in [0.29, 0.717) is 24.0 Å². The van der Waals surface area contributed by atoms with Gasteiger partial charge in [0.25, 0.3) is 0 Å². The fourth-order valence-electron chi connectivity index (χ4n) is 4.64. The van der Waals surface area contributed by atoms with Crippen molar-refractivity contribution < 1.29 is 14.4 Å². The van der Waals surface area contributed by atoms with Crippen LogP contribution in [-0.4, -0.2) is 58.1 Å². The third-order valence-electron chi connectivity index (χ3n) is 6.45. The number of imidazole rings is 1. The third-order valence-corrected chi connectivity index (χ3v) is 6.45. The second-order valence-electron chi connectivity index (χ2n) is 8.72. The number of nitrogens with zero attached hydrogens (tertiary/aromatic N) is 4. The summed E-state index contributed by atoms with van der Waals surface area (Å²) < 4.78 is 12.5. The molecule has 1 saturated heterocycles. The number of aromatic nitrogens is 3. The molecule has 2 aliphatic rings. The number of hydrogen-bond acceptors (Lipinski definition) is 6. The Bertz CT molecular complexity index is 1110. The SMILES string of the molecule is COCCN1C[C@@H]2[C@H](C#Cc3ccc(-c4cc(Cn5ccnc5[C@H](C)O)on4)cc3)[C@@H]2C1. The predicted octanol–water partition coefficient (Wildman–Crippen LogP) is 2.82. The van der Waals surface area contributed by atoms with Crippen LogP contribution in [0, 0.1) is 29.6 Å². The molecule has 3 heterocycles. The number of fused-ring (bicyclic) bond motifs is 1. The van der Waals surface area contributed by atoms with Crippen LogP contribution in [0.4, 0.5) is 0 Å². The van der Waals surface area contributed by atoms with Gasteiger partial charge < -0.3 is 23.8 Å². The highest BCUT2D eigenvalue weighted by atomic mass is 16.5. The average Bonchev–Trinajstić information content (AvgIpc) is 3.28. The minimum atomic E-state index is -0.633. The van der Waals surface area contributed by atoms with Crippen molar-refractivity contribution in [2.24, 2.45) is 17.8 Å². The molecule has 0 radical (unpaired) electrons. The van der Waals surface area contributed by atoms with Gasteiger partial charge in [-0.15, -0.1) is 0 Å². The van der Waals surface area contributed by atoms with Gasteiger partial charge in [-0.05, 0) is 30.9 Å². The standard InChI is InChI=1S/C25H28N4O3/c1-17(30)25-26-9-10-29(25)14-20-13-24(27-32-20)19-6-3-18(4-7-19)5-8-21-22-15-28(11-12-31-2)16-23(21)22/h3-4,6-7,9-10,13,17,21-23,30H,11-12,14-16H2,1-2H3/t17-,21-,22+,23-/m0/s1. The van der Waals surface area contributed by atoms with Gasteiger partial charge in [0.05, 0.1) is 13.2 Å². The molecule has 166 valence electrons. The second-order valence-corrected chi connectivity index (χ2v) is 8.72. The third kappa shape index (κ3) is 4.35. The number of piperidine rings is 1. The molecule has 5 rings (SSSR count). The summed E-state index contributed by atoms with van der Waals surface area (Å²) in [6, 6.07) is 10.1. The molecule has 1 saturated carbocycles. The highest BCUT2D eigenvalue weighted by Crippen LogP contribution is 2.51. The molecule has 2 aromatic heterocycles. The van der Waals surface area contributed by atoms with Gasteiger partial charge in [-0.3, -0.25) is 0 Å². The van der Waals surface area contributed by atoms with Gasteiger partial charge in [0.15, 0.2) is 5.76 Å². The maximum atomic E-state index is 9.80. The van der Waals surface area contributed by atoms with Crippen molar-refractivity contribution in [3.8, 4) is 23.1 Å². The molecule has 0 unspecified atom stereocenters. The number of hydrogen-bond donors (Lipinski definition) is 1. The maximum Gasteiger partial charge on any atom is 0.157 e. The summed E-state index contributed by atoms with van der Waals surface area (Å²) in [6.45, 7) is 6.31. The lowest BCUT2D eigenvalue weighted by Gasteiger charge is -2.17. The highest BCUT2D eigenvalue weighted by molar-refractivity contribution is 5.60. The number of methoxy groups -OCH3 is 1. The summed E-state index contributed by atoms with van der Waals surface area (Å²) in [7, 11) is 1.76. The Morgan fingerprint density at radius 3 is 2.75 bits per heavy atom. The second kappa shape index (κ2) is 8.91. The minimum absolute atomic E-state index is 0.476. The van der Waals surface area contributed by atoms with E-state index in [2.05, 4.69) is 26.9 Å². The van der Waals surface area contributed by atoms with Crippen molar-refractivity contribution in [2.75, 3.05) is 33.4 Å². The lowest BCUT2D eigenvalue weighted by atomic mass is 10.1. The van der Waals surface area contributed by atoms with E-state index in [1.54, 1.807) is 20.2 Å². The van der Waals surface area contributed by atoms with Gasteiger partial charge in [0, 0.05) is 62.2 Å². The van der Waals surface area contributed by atoms with Gasteiger partial charge >= 0.3 is 0 Å². The zero-order chi connectivity index (χ0) is 22.1. The van der Waals surface area contributed by atoms with Gasteiger partial charge in [0.1, 0.15) is 17.6 Å². The van der Waals surface area contributed by atoms with Gasteiger partial charge in [0.2, 0.25) is 0 Å². The smallest absolute Gasteiger partial charge is 0.157 e. The van der Waals surface area contributed by atoms with Crippen molar-refractivity contribution in [3.63, 3.8) is 0 Å². The first-order valence-corrected chi connectivity index (χ1v) is 11.1. The number of rotatable bonds is 7. The first-order chi connectivity index (χ1) is 15.6. The van der Waals surface area contributed by atoms with Gasteiger partial charge in [-0.1, -0.05) is 29.1 Å². The van der Waals surface area contributed by atoms with Crippen LogP contribution in [0.1, 0.15) is 30.2 Å². The number of aliphatic hydroxyl groups is 1. The lowest BCUT2D eigenvalue weighted by molar-refractivity contribution is 0.153. The largest absolute Gasteiger partial charge is 0.385 e. The highest BCUT2D eigenvalue weighted by Gasteiger charge is 2.54. The van der Waals surface area contributed by atoms with E-state index < -0.39 is 6.10 Å². The summed E-state index contributed by atoms with van der Waals surface area (Å²) in [4.78, 5) is 6.67. The van der Waals surface area contributed by atoms with Gasteiger partial charge in [-0.2, -0.15) is 0 Å². The van der Waals surface area contributed by atoms with E-state index in [-0.39, 0.29) is 0 Å². The van der Waals surface area contributed by atoms with Crippen molar-refractivity contribution in [1.29, 1.82) is 0 Å². The molecule has 32 heavy (non-hydrogen) atoms. The number of ether oxygens (including phenoxy) is 1. The van der Waals surface area contributed by atoms with E-state index in [0.717, 1.165) is 54.9 Å². The Hall–Kier alpha value is -2.92. The van der Waals surface area contributed by atoms with Crippen molar-refractivity contribution in [3.05, 3.63) is 59.9 Å².